The number of nitrogens with zero attached hydrogens (tertiary/aromatic N) is 1. The highest BCUT2D eigenvalue weighted by molar-refractivity contribution is 9.05. The first-order chi connectivity index (χ1) is 9.83. The summed E-state index contributed by atoms with van der Waals surface area (Å²) < 4.78 is 0. The SMILES string of the molecule is CC1(C)C(=O)N(C(C)(C)C)C1CS1([Si](C)(C)C)CCCCS1. The highest BCUT2D eigenvalue weighted by Gasteiger charge is 2.59. The van der Waals surface area contributed by atoms with Crippen molar-refractivity contribution in [1.29, 1.82) is 0 Å². The van der Waals surface area contributed by atoms with Crippen molar-refractivity contribution in [3.8, 4) is 0 Å². The molecule has 0 N–H and O–H groups in total. The first-order valence-electron chi connectivity index (χ1n) is 8.59. The standard InChI is InChI=1S/C17H35NOS2Si/c1-16(2,3)18-14(17(4,5)15(18)19)13-21(22(6,7)8)12-10-9-11-20-21/h14H,9-13H2,1-8H3. The van der Waals surface area contributed by atoms with E-state index in [0.29, 0.717) is 11.9 Å². The van der Waals surface area contributed by atoms with Crippen molar-refractivity contribution in [1.82, 2.24) is 4.90 Å². The average Bonchev–Trinajstić information content (AvgIpc) is 2.36. The third kappa shape index (κ3) is 3.02. The molecule has 2 aliphatic rings. The Hall–Kier alpha value is 0.387. The Bertz CT molecular complexity index is 445. The van der Waals surface area contributed by atoms with Crippen LogP contribution in [-0.2, 0) is 4.79 Å². The molecule has 2 unspecified atom stereocenters. The van der Waals surface area contributed by atoms with Crippen molar-refractivity contribution in [2.45, 2.75) is 78.7 Å². The molecule has 0 saturated carbocycles. The van der Waals surface area contributed by atoms with Crippen LogP contribution in [0.4, 0.5) is 0 Å². The number of hydrogen-bond donors (Lipinski definition) is 0. The summed E-state index contributed by atoms with van der Waals surface area (Å²) >= 11 is 0. The van der Waals surface area contributed by atoms with E-state index in [2.05, 4.69) is 70.0 Å². The molecule has 2 aliphatic heterocycles. The van der Waals surface area contributed by atoms with Crippen LogP contribution in [0, 0.1) is 5.41 Å². The molecule has 0 aromatic rings. The summed E-state index contributed by atoms with van der Waals surface area (Å²) in [4.78, 5) is 14.9. The van der Waals surface area contributed by atoms with Gasteiger partial charge in [-0.3, -0.25) is 4.79 Å². The molecule has 0 aromatic heterocycles. The molecular weight excluding hydrogens is 326 g/mol. The zero-order valence-electron chi connectivity index (χ0n) is 15.8. The molecule has 2 nitrogen and oxygen atoms in total. The molecule has 0 radical (unpaired) electrons. The second-order valence-electron chi connectivity index (χ2n) is 9.41. The molecule has 130 valence electrons. The van der Waals surface area contributed by atoms with E-state index in [4.69, 9.17) is 0 Å². The van der Waals surface area contributed by atoms with Crippen molar-refractivity contribution in [3.05, 3.63) is 0 Å². The summed E-state index contributed by atoms with van der Waals surface area (Å²) in [6.07, 6.45) is 2.79. The maximum Gasteiger partial charge on any atom is 0.231 e. The Morgan fingerprint density at radius 1 is 1.27 bits per heavy atom. The van der Waals surface area contributed by atoms with Crippen LogP contribution in [0.5, 0.6) is 0 Å². The highest BCUT2D eigenvalue weighted by atomic mass is 33.2. The van der Waals surface area contributed by atoms with Gasteiger partial charge in [0, 0.05) is 17.0 Å². The smallest absolute Gasteiger partial charge is 0.231 e. The predicted molar refractivity (Wildman–Crippen MR) is 107 cm³/mol. The first kappa shape index (κ1) is 18.7. The molecule has 0 aromatic carbocycles. The molecule has 2 saturated heterocycles. The van der Waals surface area contributed by atoms with E-state index in [1.165, 1.54) is 30.1 Å². The third-order valence-electron chi connectivity index (χ3n) is 5.36. The minimum atomic E-state index is -1.22. The number of carbonyl (C=O) groups is 1. The van der Waals surface area contributed by atoms with Gasteiger partial charge in [0.15, 0.2) is 0 Å². The fraction of sp³-hybridized carbons (Fsp3) is 0.941. The summed E-state index contributed by atoms with van der Waals surface area (Å²) in [5, 5.41) is 0. The Morgan fingerprint density at radius 3 is 2.27 bits per heavy atom. The Kier molecular flexibility index (Phi) is 4.88. The van der Waals surface area contributed by atoms with E-state index < -0.39 is 15.7 Å². The van der Waals surface area contributed by atoms with Gasteiger partial charge < -0.3 is 4.90 Å². The third-order valence-corrected chi connectivity index (χ3v) is 26.4. The molecule has 0 bridgehead atoms. The largest absolute Gasteiger partial charge is 0.332 e. The van der Waals surface area contributed by atoms with Crippen molar-refractivity contribution < 1.29 is 4.79 Å². The topological polar surface area (TPSA) is 20.3 Å². The van der Waals surface area contributed by atoms with Gasteiger partial charge in [0.2, 0.25) is 5.91 Å². The van der Waals surface area contributed by atoms with Crippen LogP contribution >= 0.6 is 19.3 Å². The minimum Gasteiger partial charge on any atom is -0.332 e. The fourth-order valence-electron chi connectivity index (χ4n) is 3.74. The minimum absolute atomic E-state index is 0.0450. The molecule has 2 atom stereocenters. The molecule has 2 heterocycles. The van der Waals surface area contributed by atoms with Gasteiger partial charge in [-0.1, -0.05) is 19.6 Å². The fourth-order valence-corrected chi connectivity index (χ4v) is 19.9. The van der Waals surface area contributed by atoms with Gasteiger partial charge in [-0.2, -0.15) is 0 Å². The van der Waals surface area contributed by atoms with E-state index in [1.54, 1.807) is 0 Å². The van der Waals surface area contributed by atoms with Gasteiger partial charge in [0.05, 0.1) is 18.7 Å². The Balaban J connectivity index is 2.30. The van der Waals surface area contributed by atoms with Crippen LogP contribution in [0.15, 0.2) is 0 Å². The maximum absolute atomic E-state index is 12.7. The molecule has 5 heteroatoms. The van der Waals surface area contributed by atoms with E-state index in [1.807, 2.05) is 0 Å². The lowest BCUT2D eigenvalue weighted by molar-refractivity contribution is -0.176. The molecule has 2 rings (SSSR count). The van der Waals surface area contributed by atoms with Crippen molar-refractivity contribution in [3.63, 3.8) is 0 Å². The number of β-lactam (4-membered cyclic amide) rings is 1. The number of likely N-dealkylation sites (tertiary alicyclic amines) is 1. The highest BCUT2D eigenvalue weighted by Crippen LogP contribution is 2.70. The lowest BCUT2D eigenvalue weighted by atomic mass is 9.72. The van der Waals surface area contributed by atoms with Crippen molar-refractivity contribution in [2.75, 3.05) is 17.3 Å². The zero-order chi connectivity index (χ0) is 17.0. The zero-order valence-corrected chi connectivity index (χ0v) is 18.4. The second-order valence-corrected chi connectivity index (χ2v) is 26.2. The first-order valence-corrected chi connectivity index (χ1v) is 16.3. The summed E-state index contributed by atoms with van der Waals surface area (Å²) in [7, 11) is 0.500. The monoisotopic (exact) mass is 361 g/mol. The molecule has 0 spiro atoms. The van der Waals surface area contributed by atoms with E-state index in [-0.39, 0.29) is 11.0 Å². The normalized spacial score (nSPS) is 35.7. The van der Waals surface area contributed by atoms with Gasteiger partial charge in [0.1, 0.15) is 0 Å². The van der Waals surface area contributed by atoms with Crippen molar-refractivity contribution >= 4 is 32.4 Å². The van der Waals surface area contributed by atoms with Crippen LogP contribution < -0.4 is 0 Å². The van der Waals surface area contributed by atoms with E-state index in [0.717, 1.165) is 0 Å². The van der Waals surface area contributed by atoms with Crippen LogP contribution in [0.1, 0.15) is 47.5 Å². The van der Waals surface area contributed by atoms with E-state index in [9.17, 15) is 4.79 Å². The van der Waals surface area contributed by atoms with Crippen LogP contribution in [0.2, 0.25) is 19.6 Å². The lowest BCUT2D eigenvalue weighted by Gasteiger charge is -2.63. The summed E-state index contributed by atoms with van der Waals surface area (Å²) in [6, 6.07) is 0.437. The molecule has 0 aliphatic carbocycles. The summed E-state index contributed by atoms with van der Waals surface area (Å²) in [5.74, 6) is 4.42. The number of amides is 1. The summed E-state index contributed by atoms with van der Waals surface area (Å²) in [5.41, 5.74) is -0.207. The molecule has 2 fully saturated rings. The number of rotatable bonds is 3. The summed E-state index contributed by atoms with van der Waals surface area (Å²) in [6.45, 7) is 18.6. The van der Waals surface area contributed by atoms with Crippen LogP contribution in [-0.4, -0.2) is 46.9 Å². The number of hydrogen-bond acceptors (Lipinski definition) is 2. The maximum atomic E-state index is 12.7. The van der Waals surface area contributed by atoms with E-state index >= 15 is 0 Å². The van der Waals surface area contributed by atoms with Gasteiger partial charge in [-0.15, -0.1) is 10.8 Å². The molecule has 22 heavy (non-hydrogen) atoms. The molecular formula is C17H35NOS2Si. The second kappa shape index (κ2) is 5.73. The Morgan fingerprint density at radius 2 is 1.86 bits per heavy atom. The van der Waals surface area contributed by atoms with Gasteiger partial charge in [-0.05, 0) is 53.2 Å². The van der Waals surface area contributed by atoms with Gasteiger partial charge in [0.25, 0.3) is 0 Å². The predicted octanol–water partition coefficient (Wildman–Crippen LogP) is 5.10. The van der Waals surface area contributed by atoms with Crippen LogP contribution in [0.3, 0.4) is 0 Å². The van der Waals surface area contributed by atoms with Gasteiger partial charge >= 0.3 is 0 Å². The Labute approximate surface area is 143 Å². The number of carbonyl (C=O) groups excluding carboxylic acids is 1. The average molecular weight is 362 g/mol. The lowest BCUT2D eigenvalue weighted by Crippen LogP contribution is -2.73. The van der Waals surface area contributed by atoms with Gasteiger partial charge in [-0.25, -0.2) is 8.51 Å². The quantitative estimate of drug-likeness (QED) is 0.396. The molecule has 1 amide bonds. The van der Waals surface area contributed by atoms with Crippen LogP contribution in [0.25, 0.3) is 0 Å². The van der Waals surface area contributed by atoms with Crippen molar-refractivity contribution in [2.24, 2.45) is 5.41 Å².